The van der Waals surface area contributed by atoms with Crippen LogP contribution < -0.4 is 5.56 Å². The Morgan fingerprint density at radius 2 is 2.00 bits per heavy atom. The summed E-state index contributed by atoms with van der Waals surface area (Å²) in [7, 11) is 0. The zero-order valence-electron chi connectivity index (χ0n) is 13.9. The van der Waals surface area contributed by atoms with Crippen LogP contribution in [0, 0.1) is 11.6 Å². The molecule has 0 atom stereocenters. The Morgan fingerprint density at radius 1 is 1.15 bits per heavy atom. The van der Waals surface area contributed by atoms with Crippen molar-refractivity contribution in [2.45, 2.75) is 11.7 Å². The molecule has 0 aliphatic heterocycles. The van der Waals surface area contributed by atoms with Crippen LogP contribution in [0.5, 0.6) is 0 Å². The van der Waals surface area contributed by atoms with Crippen molar-refractivity contribution in [3.8, 4) is 11.4 Å². The van der Waals surface area contributed by atoms with Gasteiger partial charge in [-0.2, -0.15) is 0 Å². The van der Waals surface area contributed by atoms with E-state index in [1.54, 1.807) is 18.2 Å². The summed E-state index contributed by atoms with van der Waals surface area (Å²) in [6.45, 7) is 0.416. The molecule has 4 aromatic rings. The molecule has 1 N–H and O–H groups in total. The van der Waals surface area contributed by atoms with E-state index in [0.717, 1.165) is 18.2 Å². The molecule has 4 rings (SSSR count). The molecule has 2 heterocycles. The van der Waals surface area contributed by atoms with Crippen LogP contribution in [0.2, 0.25) is 0 Å². The number of fused-ring (bicyclic) bond motifs is 1. The average Bonchev–Trinajstić information content (AvgIpc) is 3.14. The molecule has 0 saturated heterocycles. The molecule has 9 heteroatoms. The number of hydrogen-bond donors (Lipinski definition) is 1. The summed E-state index contributed by atoms with van der Waals surface area (Å²) in [5, 5.41) is 7.55. The summed E-state index contributed by atoms with van der Waals surface area (Å²) >= 11 is 1.30. The van der Waals surface area contributed by atoms with E-state index in [4.69, 9.17) is 0 Å². The van der Waals surface area contributed by atoms with Crippen molar-refractivity contribution in [1.82, 2.24) is 24.7 Å². The Hall–Kier alpha value is -3.07. The SMILES string of the molecule is O=c1c2ccccc2ncn1CCSc1n[nH]c(-c2cc(F)ccc2F)n1. The van der Waals surface area contributed by atoms with Crippen LogP contribution in [0.1, 0.15) is 0 Å². The molecule has 2 aromatic heterocycles. The molecular formula is C18H13F2N5OS. The van der Waals surface area contributed by atoms with Gasteiger partial charge in [0.2, 0.25) is 5.16 Å². The lowest BCUT2D eigenvalue weighted by atomic mass is 10.2. The maximum absolute atomic E-state index is 13.8. The summed E-state index contributed by atoms with van der Waals surface area (Å²) in [5.74, 6) is -0.472. The monoisotopic (exact) mass is 385 g/mol. The largest absolute Gasteiger partial charge is 0.298 e. The molecule has 0 amide bonds. The van der Waals surface area contributed by atoms with Gasteiger partial charge in [-0.1, -0.05) is 23.9 Å². The standard InChI is InChI=1S/C18H13F2N5OS/c19-11-5-6-14(20)13(9-11)16-22-18(24-23-16)27-8-7-25-10-21-15-4-2-1-3-12(15)17(25)26/h1-6,9-10H,7-8H2,(H,22,23,24). The lowest BCUT2D eigenvalue weighted by Gasteiger charge is -2.05. The number of aromatic amines is 1. The van der Waals surface area contributed by atoms with Gasteiger partial charge in [0.15, 0.2) is 5.82 Å². The van der Waals surface area contributed by atoms with Crippen molar-refractivity contribution in [3.63, 3.8) is 0 Å². The second kappa shape index (κ2) is 7.28. The Bertz CT molecular complexity index is 1170. The Morgan fingerprint density at radius 3 is 2.89 bits per heavy atom. The number of benzene rings is 2. The molecule has 2 aromatic carbocycles. The van der Waals surface area contributed by atoms with E-state index in [2.05, 4.69) is 20.2 Å². The van der Waals surface area contributed by atoms with Gasteiger partial charge < -0.3 is 0 Å². The van der Waals surface area contributed by atoms with Gasteiger partial charge >= 0.3 is 0 Å². The fraction of sp³-hybridized carbons (Fsp3) is 0.111. The highest BCUT2D eigenvalue weighted by atomic mass is 32.2. The van der Waals surface area contributed by atoms with Crippen LogP contribution in [0.25, 0.3) is 22.3 Å². The quantitative estimate of drug-likeness (QED) is 0.534. The summed E-state index contributed by atoms with van der Waals surface area (Å²) in [5.41, 5.74) is 0.560. The minimum Gasteiger partial charge on any atom is -0.298 e. The molecule has 0 aliphatic rings. The molecule has 136 valence electrons. The van der Waals surface area contributed by atoms with E-state index >= 15 is 0 Å². The van der Waals surface area contributed by atoms with E-state index in [1.165, 1.54) is 22.7 Å². The molecule has 0 spiro atoms. The van der Waals surface area contributed by atoms with Crippen molar-refractivity contribution in [3.05, 3.63) is 70.8 Å². The molecule has 0 aliphatic carbocycles. The van der Waals surface area contributed by atoms with Crippen LogP contribution in [0.4, 0.5) is 8.78 Å². The smallest absolute Gasteiger partial charge is 0.261 e. The average molecular weight is 385 g/mol. The van der Waals surface area contributed by atoms with Crippen LogP contribution in [0.3, 0.4) is 0 Å². The minimum absolute atomic E-state index is 0.0179. The van der Waals surface area contributed by atoms with Crippen molar-refractivity contribution in [2.75, 3.05) is 5.75 Å². The number of rotatable bonds is 5. The number of hydrogen-bond acceptors (Lipinski definition) is 5. The summed E-state index contributed by atoms with van der Waals surface area (Å²) in [6, 6.07) is 10.3. The van der Waals surface area contributed by atoms with Crippen LogP contribution >= 0.6 is 11.8 Å². The van der Waals surface area contributed by atoms with Gasteiger partial charge in [0, 0.05) is 12.3 Å². The third kappa shape index (κ3) is 3.59. The number of nitrogens with zero attached hydrogens (tertiary/aromatic N) is 4. The molecule has 0 saturated carbocycles. The number of nitrogens with one attached hydrogen (secondary N) is 1. The van der Waals surface area contributed by atoms with E-state index in [-0.39, 0.29) is 16.9 Å². The van der Waals surface area contributed by atoms with E-state index in [9.17, 15) is 13.6 Å². The fourth-order valence-electron chi connectivity index (χ4n) is 2.61. The topological polar surface area (TPSA) is 76.5 Å². The van der Waals surface area contributed by atoms with E-state index in [1.807, 2.05) is 6.07 Å². The van der Waals surface area contributed by atoms with Crippen LogP contribution in [-0.4, -0.2) is 30.5 Å². The Labute approximate surface area is 156 Å². The predicted octanol–water partition coefficient (Wildman–Crippen LogP) is 3.25. The van der Waals surface area contributed by atoms with Gasteiger partial charge in [-0.05, 0) is 30.3 Å². The highest BCUT2D eigenvalue weighted by Crippen LogP contribution is 2.22. The molecule has 6 nitrogen and oxygen atoms in total. The second-order valence-corrected chi connectivity index (χ2v) is 6.76. The fourth-order valence-corrected chi connectivity index (χ4v) is 3.35. The van der Waals surface area contributed by atoms with Gasteiger partial charge in [0.05, 0.1) is 22.8 Å². The van der Waals surface area contributed by atoms with Gasteiger partial charge in [0.25, 0.3) is 5.56 Å². The summed E-state index contributed by atoms with van der Waals surface area (Å²) in [6.07, 6.45) is 1.51. The highest BCUT2D eigenvalue weighted by Gasteiger charge is 2.12. The zero-order valence-corrected chi connectivity index (χ0v) is 14.7. The first-order valence-corrected chi connectivity index (χ1v) is 9.05. The summed E-state index contributed by atoms with van der Waals surface area (Å²) < 4.78 is 28.6. The first-order chi connectivity index (χ1) is 13.1. The Kier molecular flexibility index (Phi) is 4.68. The highest BCUT2D eigenvalue weighted by molar-refractivity contribution is 7.99. The van der Waals surface area contributed by atoms with Crippen molar-refractivity contribution < 1.29 is 8.78 Å². The normalized spacial score (nSPS) is 11.2. The van der Waals surface area contributed by atoms with Gasteiger partial charge in [-0.15, -0.1) is 5.10 Å². The van der Waals surface area contributed by atoms with Crippen LogP contribution in [0.15, 0.2) is 58.7 Å². The number of aromatic nitrogens is 5. The first-order valence-electron chi connectivity index (χ1n) is 8.06. The van der Waals surface area contributed by atoms with E-state index in [0.29, 0.717) is 28.4 Å². The lowest BCUT2D eigenvalue weighted by molar-refractivity contribution is 0.602. The minimum atomic E-state index is -0.585. The summed E-state index contributed by atoms with van der Waals surface area (Å²) in [4.78, 5) is 20.9. The molecule has 0 radical (unpaired) electrons. The van der Waals surface area contributed by atoms with Gasteiger partial charge in [0.1, 0.15) is 11.6 Å². The van der Waals surface area contributed by atoms with Crippen molar-refractivity contribution >= 4 is 22.7 Å². The maximum atomic E-state index is 13.8. The first kappa shape index (κ1) is 17.3. The van der Waals surface area contributed by atoms with E-state index < -0.39 is 11.6 Å². The second-order valence-electron chi connectivity index (χ2n) is 5.70. The third-order valence-electron chi connectivity index (χ3n) is 3.94. The van der Waals surface area contributed by atoms with Crippen molar-refractivity contribution in [1.29, 1.82) is 0 Å². The van der Waals surface area contributed by atoms with Crippen molar-refractivity contribution in [2.24, 2.45) is 0 Å². The maximum Gasteiger partial charge on any atom is 0.261 e. The lowest BCUT2D eigenvalue weighted by Crippen LogP contribution is -2.21. The Balaban J connectivity index is 1.46. The number of para-hydroxylation sites is 1. The van der Waals surface area contributed by atoms with Crippen LogP contribution in [-0.2, 0) is 6.54 Å². The molecule has 0 unspecified atom stereocenters. The molecule has 0 fully saturated rings. The predicted molar refractivity (Wildman–Crippen MR) is 98.5 cm³/mol. The molecule has 27 heavy (non-hydrogen) atoms. The number of aryl methyl sites for hydroxylation is 1. The zero-order chi connectivity index (χ0) is 18.8. The number of thioether (sulfide) groups is 1. The van der Waals surface area contributed by atoms with Gasteiger partial charge in [-0.25, -0.2) is 18.7 Å². The number of H-pyrrole nitrogens is 1. The molecule has 0 bridgehead atoms. The third-order valence-corrected chi connectivity index (χ3v) is 4.77. The van der Waals surface area contributed by atoms with Gasteiger partial charge in [-0.3, -0.25) is 14.5 Å². The number of halogens is 2. The molecular weight excluding hydrogens is 372 g/mol.